The van der Waals surface area contributed by atoms with E-state index in [4.69, 9.17) is 0 Å². The van der Waals surface area contributed by atoms with E-state index in [9.17, 15) is 20.1 Å². The Hall–Kier alpha value is -1.55. The maximum absolute atomic E-state index is 11.4. The van der Waals surface area contributed by atoms with Crippen molar-refractivity contribution < 1.29 is 20.1 Å². The molecule has 0 aliphatic heterocycles. The Bertz CT molecular complexity index is 773. The molecule has 0 unspecified atom stereocenters. The zero-order chi connectivity index (χ0) is 26.8. The maximum atomic E-state index is 11.4. The predicted molar refractivity (Wildman–Crippen MR) is 147 cm³/mol. The lowest BCUT2D eigenvalue weighted by molar-refractivity contribution is -0.142. The quantitative estimate of drug-likeness (QED) is 0.189. The van der Waals surface area contributed by atoms with E-state index in [0.29, 0.717) is 17.6 Å². The minimum atomic E-state index is -1.46. The number of aliphatic hydroxyl groups is 2. The molecule has 0 saturated heterocycles. The molecule has 0 spiro atoms. The van der Waals surface area contributed by atoms with E-state index in [-0.39, 0.29) is 12.2 Å². The first-order valence-corrected chi connectivity index (χ1v) is 14.0. The van der Waals surface area contributed by atoms with E-state index in [2.05, 4.69) is 40.7 Å². The summed E-state index contributed by atoms with van der Waals surface area (Å²) in [6.07, 6.45) is 13.8. The molecular weight excluding hydrogens is 436 g/mol. The van der Waals surface area contributed by atoms with Crippen molar-refractivity contribution in [3.8, 4) is 0 Å². The summed E-state index contributed by atoms with van der Waals surface area (Å²) in [5, 5.41) is 31.2. The van der Waals surface area contributed by atoms with Crippen molar-refractivity contribution in [2.45, 2.75) is 132 Å². The van der Waals surface area contributed by atoms with Gasteiger partial charge in [0.05, 0.1) is 6.42 Å². The van der Waals surface area contributed by atoms with Gasteiger partial charge in [-0.05, 0) is 74.5 Å². The summed E-state index contributed by atoms with van der Waals surface area (Å²) >= 11 is 0. The second-order valence-electron chi connectivity index (χ2n) is 12.0. The lowest BCUT2D eigenvalue weighted by Gasteiger charge is -2.40. The number of carboxylic acids is 1. The van der Waals surface area contributed by atoms with E-state index < -0.39 is 17.5 Å². The molecule has 0 radical (unpaired) electrons. The molecule has 1 aliphatic rings. The van der Waals surface area contributed by atoms with Crippen LogP contribution in [0.5, 0.6) is 0 Å². The van der Waals surface area contributed by atoms with Gasteiger partial charge in [0, 0.05) is 5.92 Å². The van der Waals surface area contributed by atoms with Crippen LogP contribution in [0.3, 0.4) is 0 Å². The molecule has 4 atom stereocenters. The van der Waals surface area contributed by atoms with E-state index >= 15 is 0 Å². The molecule has 1 rings (SSSR count). The molecule has 3 N–H and O–H groups in total. The molecule has 4 nitrogen and oxygen atoms in total. The van der Waals surface area contributed by atoms with Crippen LogP contribution in [0.4, 0.5) is 0 Å². The van der Waals surface area contributed by atoms with Gasteiger partial charge >= 0.3 is 5.97 Å². The summed E-state index contributed by atoms with van der Waals surface area (Å²) in [5.74, 6) is 1.14. The molecule has 0 fully saturated rings. The molecule has 35 heavy (non-hydrogen) atoms. The van der Waals surface area contributed by atoms with Gasteiger partial charge in [-0.25, -0.2) is 0 Å². The van der Waals surface area contributed by atoms with Crippen molar-refractivity contribution in [2.24, 2.45) is 23.7 Å². The zero-order valence-corrected chi connectivity index (χ0v) is 23.9. The zero-order valence-electron chi connectivity index (χ0n) is 23.9. The third kappa shape index (κ3) is 10.1. The van der Waals surface area contributed by atoms with Crippen molar-refractivity contribution in [3.63, 3.8) is 0 Å². The van der Waals surface area contributed by atoms with Crippen molar-refractivity contribution in [3.05, 3.63) is 34.1 Å². The Morgan fingerprint density at radius 1 is 0.971 bits per heavy atom. The van der Waals surface area contributed by atoms with Crippen LogP contribution in [-0.2, 0) is 4.79 Å². The molecule has 0 heterocycles. The van der Waals surface area contributed by atoms with Crippen molar-refractivity contribution in [2.75, 3.05) is 0 Å². The number of hydrogen-bond donors (Lipinski definition) is 3. The van der Waals surface area contributed by atoms with Crippen LogP contribution < -0.4 is 0 Å². The maximum Gasteiger partial charge on any atom is 0.306 e. The molecule has 1 aliphatic carbocycles. The average molecular weight is 491 g/mol. The van der Waals surface area contributed by atoms with Crippen LogP contribution in [0.15, 0.2) is 34.1 Å². The fourth-order valence-electron chi connectivity index (χ4n) is 5.44. The highest BCUT2D eigenvalue weighted by atomic mass is 16.4. The molecule has 0 aromatic carbocycles. The van der Waals surface area contributed by atoms with Crippen LogP contribution in [-0.4, -0.2) is 26.9 Å². The first-order chi connectivity index (χ1) is 16.3. The molecule has 0 aromatic heterocycles. The first-order valence-electron chi connectivity index (χ1n) is 14.0. The monoisotopic (exact) mass is 490 g/mol. The van der Waals surface area contributed by atoms with Crippen molar-refractivity contribution >= 4 is 5.97 Å². The van der Waals surface area contributed by atoms with Crippen molar-refractivity contribution in [1.29, 1.82) is 0 Å². The fraction of sp³-hybridized carbons (Fsp3) is 0.774. The van der Waals surface area contributed by atoms with Crippen LogP contribution >= 0.6 is 0 Å². The number of aliphatic carboxylic acids is 1. The predicted octanol–water partition coefficient (Wildman–Crippen LogP) is 8.77. The van der Waals surface area contributed by atoms with Gasteiger partial charge in [-0.3, -0.25) is 4.79 Å². The van der Waals surface area contributed by atoms with Gasteiger partial charge in [0.2, 0.25) is 0 Å². The number of carboxylic acid groups (broad SMARTS) is 1. The van der Waals surface area contributed by atoms with Gasteiger partial charge in [-0.2, -0.15) is 0 Å². The Balaban J connectivity index is 2.50. The highest BCUT2D eigenvalue weighted by Gasteiger charge is 2.44. The smallest absolute Gasteiger partial charge is 0.306 e. The molecule has 0 aromatic rings. The van der Waals surface area contributed by atoms with E-state index in [1.165, 1.54) is 50.5 Å². The van der Waals surface area contributed by atoms with Gasteiger partial charge < -0.3 is 15.3 Å². The largest absolute Gasteiger partial charge is 0.508 e. The van der Waals surface area contributed by atoms with E-state index in [0.717, 1.165) is 36.2 Å². The third-order valence-electron chi connectivity index (χ3n) is 8.34. The number of carbonyl (C=O) groups is 1. The standard InChI is InChI=1S/C31H54O4/c1-21(2)12-9-13-22(3)14-10-15-23(4)16-11-17-24(5)18-19-28-27(8)31(35,20-29(32)33)26(7)25(6)30(28)34/h18,21-23,27,34-35H,9-17,19-20H2,1-8H3,(H,32,33)/t22-,23-,27-,31+/m1/s1. The van der Waals surface area contributed by atoms with Gasteiger partial charge in [-0.1, -0.05) is 91.2 Å². The first kappa shape index (κ1) is 31.5. The van der Waals surface area contributed by atoms with E-state index in [1.807, 2.05) is 6.92 Å². The lowest BCUT2D eigenvalue weighted by atomic mass is 9.69. The molecule has 0 saturated carbocycles. The van der Waals surface area contributed by atoms with Crippen LogP contribution in [0.2, 0.25) is 0 Å². The SMILES string of the molecule is CC(=CCC1=C(O)C(C)=C(C)[C@@](O)(CC(=O)O)[C@@H]1C)CCC[C@H](C)CCC[C@H](C)CCCC(C)C. The minimum Gasteiger partial charge on any atom is -0.508 e. The summed E-state index contributed by atoms with van der Waals surface area (Å²) in [4.78, 5) is 11.4. The van der Waals surface area contributed by atoms with Crippen LogP contribution in [0.25, 0.3) is 0 Å². The van der Waals surface area contributed by atoms with Crippen molar-refractivity contribution in [1.82, 2.24) is 0 Å². The summed E-state index contributed by atoms with van der Waals surface area (Å²) < 4.78 is 0. The molecule has 4 heteroatoms. The topological polar surface area (TPSA) is 77.8 Å². The minimum absolute atomic E-state index is 0.209. The fourth-order valence-corrected chi connectivity index (χ4v) is 5.44. The molecular formula is C31H54O4. The molecule has 0 amide bonds. The Kier molecular flexibility index (Phi) is 13.4. The van der Waals surface area contributed by atoms with Gasteiger partial charge in [0.15, 0.2) is 0 Å². The number of allylic oxidation sites excluding steroid dienone is 3. The molecule has 0 bridgehead atoms. The van der Waals surface area contributed by atoms with Gasteiger partial charge in [0.25, 0.3) is 0 Å². The van der Waals surface area contributed by atoms with Crippen LogP contribution in [0, 0.1) is 23.7 Å². The normalized spacial score (nSPS) is 23.3. The highest BCUT2D eigenvalue weighted by molar-refractivity contribution is 5.70. The second-order valence-corrected chi connectivity index (χ2v) is 12.0. The Morgan fingerprint density at radius 2 is 1.49 bits per heavy atom. The highest BCUT2D eigenvalue weighted by Crippen LogP contribution is 2.44. The Morgan fingerprint density at radius 3 is 2.00 bits per heavy atom. The van der Waals surface area contributed by atoms with E-state index in [1.54, 1.807) is 13.8 Å². The second kappa shape index (κ2) is 14.9. The number of aliphatic hydroxyl groups excluding tert-OH is 1. The summed E-state index contributed by atoms with van der Waals surface area (Å²) in [5.41, 5.74) is 1.70. The molecule has 202 valence electrons. The third-order valence-corrected chi connectivity index (χ3v) is 8.34. The van der Waals surface area contributed by atoms with Gasteiger partial charge in [-0.15, -0.1) is 0 Å². The van der Waals surface area contributed by atoms with Crippen LogP contribution in [0.1, 0.15) is 126 Å². The average Bonchev–Trinajstić information content (AvgIpc) is 2.76. The summed E-state index contributed by atoms with van der Waals surface area (Å²) in [6, 6.07) is 0. The summed E-state index contributed by atoms with van der Waals surface area (Å²) in [6.45, 7) is 16.8. The number of rotatable bonds is 16. The summed E-state index contributed by atoms with van der Waals surface area (Å²) in [7, 11) is 0. The lowest BCUT2D eigenvalue weighted by Crippen LogP contribution is -2.44. The van der Waals surface area contributed by atoms with Gasteiger partial charge in [0.1, 0.15) is 11.4 Å². The number of hydrogen-bond acceptors (Lipinski definition) is 3. The Labute approximate surface area is 215 Å².